The first-order chi connectivity index (χ1) is 10.3. The smallest absolute Gasteiger partial charge is 0.128 e. The van der Waals surface area contributed by atoms with Gasteiger partial charge in [-0.25, -0.2) is 0 Å². The average molecular weight is 285 g/mol. The lowest BCUT2D eigenvalue weighted by Crippen LogP contribution is -2.60. The van der Waals surface area contributed by atoms with Gasteiger partial charge < -0.3 is 14.8 Å². The molecule has 1 aliphatic carbocycles. The van der Waals surface area contributed by atoms with E-state index in [1.165, 1.54) is 10.8 Å². The van der Waals surface area contributed by atoms with E-state index in [-0.39, 0.29) is 12.2 Å². The average Bonchev–Trinajstić information content (AvgIpc) is 2.51. The van der Waals surface area contributed by atoms with Gasteiger partial charge in [-0.2, -0.15) is 0 Å². The molecule has 1 saturated carbocycles. The molecule has 1 fully saturated rings. The van der Waals surface area contributed by atoms with Crippen LogP contribution in [-0.4, -0.2) is 31.9 Å². The van der Waals surface area contributed by atoms with Crippen LogP contribution in [0.2, 0.25) is 0 Å². The lowest BCUT2D eigenvalue weighted by molar-refractivity contribution is -0.105. The van der Waals surface area contributed by atoms with Crippen LogP contribution in [0.1, 0.15) is 19.8 Å². The quantitative estimate of drug-likeness (QED) is 0.882. The van der Waals surface area contributed by atoms with E-state index in [1.807, 2.05) is 19.2 Å². The molecule has 3 rings (SSSR count). The predicted molar refractivity (Wildman–Crippen MR) is 85.9 cm³/mol. The lowest BCUT2D eigenvalue weighted by atomic mass is 9.85. The predicted octanol–water partition coefficient (Wildman–Crippen LogP) is 3.37. The maximum atomic E-state index is 6.24. The summed E-state index contributed by atoms with van der Waals surface area (Å²) in [7, 11) is 1.99. The van der Waals surface area contributed by atoms with Crippen LogP contribution < -0.4 is 10.1 Å². The highest BCUT2D eigenvalue weighted by molar-refractivity contribution is 5.88. The Kier molecular flexibility index (Phi) is 4.42. The van der Waals surface area contributed by atoms with Gasteiger partial charge in [-0.1, -0.05) is 43.3 Å². The minimum absolute atomic E-state index is 0.139. The minimum atomic E-state index is 0.139. The summed E-state index contributed by atoms with van der Waals surface area (Å²) in [6.07, 6.45) is 2.32. The zero-order valence-electron chi connectivity index (χ0n) is 12.7. The van der Waals surface area contributed by atoms with E-state index in [1.54, 1.807) is 0 Å². The first-order valence-electron chi connectivity index (χ1n) is 7.76. The maximum absolute atomic E-state index is 6.24. The zero-order chi connectivity index (χ0) is 14.7. The summed E-state index contributed by atoms with van der Waals surface area (Å²) in [6.45, 7) is 2.92. The van der Waals surface area contributed by atoms with Crippen molar-refractivity contribution in [2.75, 3.05) is 13.7 Å². The van der Waals surface area contributed by atoms with Crippen molar-refractivity contribution in [3.05, 3.63) is 42.5 Å². The topological polar surface area (TPSA) is 30.5 Å². The molecule has 112 valence electrons. The molecule has 0 spiro atoms. The molecule has 3 nitrogen and oxygen atoms in total. The van der Waals surface area contributed by atoms with Crippen LogP contribution in [-0.2, 0) is 4.74 Å². The van der Waals surface area contributed by atoms with Gasteiger partial charge in [-0.3, -0.25) is 0 Å². The summed E-state index contributed by atoms with van der Waals surface area (Å²) >= 11 is 0. The molecule has 2 aromatic carbocycles. The summed E-state index contributed by atoms with van der Waals surface area (Å²) in [5, 5.41) is 5.69. The molecule has 1 aliphatic rings. The van der Waals surface area contributed by atoms with Crippen LogP contribution >= 0.6 is 0 Å². The number of rotatable bonds is 6. The van der Waals surface area contributed by atoms with Gasteiger partial charge in [0.1, 0.15) is 18.0 Å². The molecule has 1 N–H and O–H groups in total. The molecule has 0 aromatic heterocycles. The molecule has 0 amide bonds. The first kappa shape index (κ1) is 14.4. The van der Waals surface area contributed by atoms with Gasteiger partial charge in [0.2, 0.25) is 0 Å². The Hall–Kier alpha value is -1.58. The third kappa shape index (κ3) is 2.89. The van der Waals surface area contributed by atoms with Gasteiger partial charge in [-0.15, -0.1) is 0 Å². The Morgan fingerprint density at radius 3 is 2.76 bits per heavy atom. The monoisotopic (exact) mass is 285 g/mol. The SMILES string of the molecule is CCCOC1C(NC)CC1Oc1cccc2ccccc12. The van der Waals surface area contributed by atoms with Crippen molar-refractivity contribution in [3.63, 3.8) is 0 Å². The molecule has 0 radical (unpaired) electrons. The Labute approximate surface area is 126 Å². The van der Waals surface area contributed by atoms with Crippen molar-refractivity contribution in [2.45, 2.75) is 38.0 Å². The molecule has 0 saturated heterocycles. The normalized spacial score (nSPS) is 24.8. The van der Waals surface area contributed by atoms with Crippen molar-refractivity contribution < 1.29 is 9.47 Å². The fraction of sp³-hybridized carbons (Fsp3) is 0.444. The molecule has 3 atom stereocenters. The van der Waals surface area contributed by atoms with E-state index in [9.17, 15) is 0 Å². The van der Waals surface area contributed by atoms with E-state index in [2.05, 4.69) is 42.6 Å². The van der Waals surface area contributed by atoms with Gasteiger partial charge in [0, 0.05) is 24.5 Å². The zero-order valence-corrected chi connectivity index (χ0v) is 12.7. The van der Waals surface area contributed by atoms with Crippen molar-refractivity contribution in [1.82, 2.24) is 5.32 Å². The van der Waals surface area contributed by atoms with E-state index < -0.39 is 0 Å². The summed E-state index contributed by atoms with van der Waals surface area (Å²) < 4.78 is 12.2. The molecule has 0 aliphatic heterocycles. The van der Waals surface area contributed by atoms with E-state index in [0.717, 1.165) is 25.2 Å². The van der Waals surface area contributed by atoms with Gasteiger partial charge in [0.05, 0.1) is 0 Å². The summed E-state index contributed by atoms with van der Waals surface area (Å²) in [5.41, 5.74) is 0. The number of ether oxygens (including phenoxy) is 2. The van der Waals surface area contributed by atoms with E-state index in [4.69, 9.17) is 9.47 Å². The van der Waals surface area contributed by atoms with Crippen molar-refractivity contribution in [3.8, 4) is 5.75 Å². The van der Waals surface area contributed by atoms with Crippen LogP contribution in [0.5, 0.6) is 5.75 Å². The second-order valence-corrected chi connectivity index (χ2v) is 5.60. The Morgan fingerprint density at radius 2 is 1.95 bits per heavy atom. The Bertz CT molecular complexity index is 593. The largest absolute Gasteiger partial charge is 0.487 e. The van der Waals surface area contributed by atoms with Gasteiger partial charge in [-0.05, 0) is 24.9 Å². The van der Waals surface area contributed by atoms with Crippen LogP contribution in [0, 0.1) is 0 Å². The number of likely N-dealkylation sites (N-methyl/N-ethyl adjacent to an activating group) is 1. The second kappa shape index (κ2) is 6.46. The van der Waals surface area contributed by atoms with Gasteiger partial charge in [0.15, 0.2) is 0 Å². The Morgan fingerprint density at radius 1 is 1.14 bits per heavy atom. The molecule has 0 heterocycles. The summed E-state index contributed by atoms with van der Waals surface area (Å²) in [6, 6.07) is 14.9. The molecule has 3 unspecified atom stereocenters. The molecular formula is C18H23NO2. The maximum Gasteiger partial charge on any atom is 0.128 e. The summed E-state index contributed by atoms with van der Waals surface area (Å²) in [4.78, 5) is 0. The minimum Gasteiger partial charge on any atom is -0.487 e. The van der Waals surface area contributed by atoms with Crippen LogP contribution in [0.4, 0.5) is 0 Å². The van der Waals surface area contributed by atoms with E-state index >= 15 is 0 Å². The van der Waals surface area contributed by atoms with Crippen molar-refractivity contribution >= 4 is 10.8 Å². The molecule has 21 heavy (non-hydrogen) atoms. The van der Waals surface area contributed by atoms with E-state index in [0.29, 0.717) is 6.04 Å². The third-order valence-corrected chi connectivity index (χ3v) is 4.16. The third-order valence-electron chi connectivity index (χ3n) is 4.16. The summed E-state index contributed by atoms with van der Waals surface area (Å²) in [5.74, 6) is 0.956. The first-order valence-corrected chi connectivity index (χ1v) is 7.76. The van der Waals surface area contributed by atoms with Crippen molar-refractivity contribution in [2.24, 2.45) is 0 Å². The Balaban J connectivity index is 1.76. The number of benzene rings is 2. The van der Waals surface area contributed by atoms with Crippen LogP contribution in [0.25, 0.3) is 10.8 Å². The van der Waals surface area contributed by atoms with Crippen molar-refractivity contribution in [1.29, 1.82) is 0 Å². The standard InChI is InChI=1S/C18H23NO2/c1-3-11-20-18-15(19-2)12-17(18)21-16-10-6-8-13-7-4-5-9-14(13)16/h4-10,15,17-19H,3,11-12H2,1-2H3. The van der Waals surface area contributed by atoms with Gasteiger partial charge in [0.25, 0.3) is 0 Å². The van der Waals surface area contributed by atoms with Gasteiger partial charge >= 0.3 is 0 Å². The highest BCUT2D eigenvalue weighted by Crippen LogP contribution is 2.32. The molecule has 0 bridgehead atoms. The van der Waals surface area contributed by atoms with Crippen LogP contribution in [0.3, 0.4) is 0 Å². The molecular weight excluding hydrogens is 262 g/mol. The fourth-order valence-electron chi connectivity index (χ4n) is 2.92. The molecule has 2 aromatic rings. The number of hydrogen-bond donors (Lipinski definition) is 1. The highest BCUT2D eigenvalue weighted by atomic mass is 16.5. The molecule has 3 heteroatoms. The number of hydrogen-bond acceptors (Lipinski definition) is 3. The van der Waals surface area contributed by atoms with Crippen LogP contribution in [0.15, 0.2) is 42.5 Å². The lowest BCUT2D eigenvalue weighted by Gasteiger charge is -2.43. The highest BCUT2D eigenvalue weighted by Gasteiger charge is 2.43. The second-order valence-electron chi connectivity index (χ2n) is 5.60. The fourth-order valence-corrected chi connectivity index (χ4v) is 2.92. The number of fused-ring (bicyclic) bond motifs is 1. The number of nitrogens with one attached hydrogen (secondary N) is 1.